The molecule has 1 N–H and O–H groups in total. The molecule has 4 rings (SSSR count). The van der Waals surface area contributed by atoms with Crippen molar-refractivity contribution in [3.8, 4) is 0 Å². The summed E-state index contributed by atoms with van der Waals surface area (Å²) in [4.78, 5) is 33.1. The number of fused-ring (bicyclic) bond motifs is 2. The lowest BCUT2D eigenvalue weighted by molar-refractivity contribution is -0.123. The van der Waals surface area contributed by atoms with Gasteiger partial charge in [0.15, 0.2) is 6.10 Å². The fourth-order valence-electron chi connectivity index (χ4n) is 3.94. The Morgan fingerprint density at radius 2 is 2.03 bits per heavy atom. The van der Waals surface area contributed by atoms with Crippen LogP contribution in [0.15, 0.2) is 42.5 Å². The lowest BCUT2D eigenvalue weighted by Gasteiger charge is -2.29. The first kappa shape index (κ1) is 22.2. The molecular weight excluding hydrogens is 426 g/mol. The lowest BCUT2D eigenvalue weighted by atomic mass is 9.95. The zero-order valence-corrected chi connectivity index (χ0v) is 19.2. The topological polar surface area (TPSA) is 71.5 Å². The van der Waals surface area contributed by atoms with Crippen LogP contribution < -0.4 is 5.32 Å². The van der Waals surface area contributed by atoms with E-state index in [1.165, 1.54) is 0 Å². The van der Waals surface area contributed by atoms with Crippen LogP contribution >= 0.6 is 11.6 Å². The molecule has 0 fully saturated rings. The number of pyridine rings is 1. The van der Waals surface area contributed by atoms with E-state index in [2.05, 4.69) is 17.1 Å². The highest BCUT2D eigenvalue weighted by Crippen LogP contribution is 2.29. The normalized spacial score (nSPS) is 14.6. The van der Waals surface area contributed by atoms with Crippen molar-refractivity contribution in [3.63, 3.8) is 0 Å². The number of hydrogen-bond donors (Lipinski definition) is 1. The third-order valence-corrected chi connectivity index (χ3v) is 6.28. The van der Waals surface area contributed by atoms with E-state index >= 15 is 0 Å². The Labute approximate surface area is 192 Å². The summed E-state index contributed by atoms with van der Waals surface area (Å²) in [5, 5.41) is 4.06. The molecule has 166 valence electrons. The van der Waals surface area contributed by atoms with Crippen molar-refractivity contribution in [1.82, 2.24) is 9.88 Å². The molecule has 2 aromatic carbocycles. The first-order valence-corrected chi connectivity index (χ1v) is 11.2. The van der Waals surface area contributed by atoms with Crippen molar-refractivity contribution in [2.75, 3.05) is 18.4 Å². The van der Waals surface area contributed by atoms with E-state index in [1.807, 2.05) is 37.3 Å². The van der Waals surface area contributed by atoms with Gasteiger partial charge in [-0.3, -0.25) is 14.7 Å². The van der Waals surface area contributed by atoms with Gasteiger partial charge in [0.25, 0.3) is 5.91 Å². The minimum Gasteiger partial charge on any atom is -0.449 e. The summed E-state index contributed by atoms with van der Waals surface area (Å²) >= 11 is 6.14. The van der Waals surface area contributed by atoms with Crippen LogP contribution in [0.3, 0.4) is 0 Å². The molecule has 1 aromatic heterocycles. The van der Waals surface area contributed by atoms with Gasteiger partial charge in [-0.15, -0.1) is 0 Å². The summed E-state index contributed by atoms with van der Waals surface area (Å²) in [6.07, 6.45) is -0.200. The number of likely N-dealkylation sites (N-methyl/N-ethyl adjacent to an activating group) is 1. The summed E-state index contributed by atoms with van der Waals surface area (Å²) in [5.41, 5.74) is 4.54. The first-order valence-electron chi connectivity index (χ1n) is 10.8. The van der Waals surface area contributed by atoms with Gasteiger partial charge in [0.2, 0.25) is 0 Å². The predicted molar refractivity (Wildman–Crippen MR) is 126 cm³/mol. The van der Waals surface area contributed by atoms with Crippen LogP contribution in [0.2, 0.25) is 5.02 Å². The average Bonchev–Trinajstić information content (AvgIpc) is 2.79. The number of nitrogens with one attached hydrogen (secondary N) is 1. The van der Waals surface area contributed by atoms with Crippen LogP contribution in [0, 0.1) is 6.92 Å². The Hall–Kier alpha value is -2.96. The zero-order chi connectivity index (χ0) is 22.8. The maximum absolute atomic E-state index is 13.3. The van der Waals surface area contributed by atoms with Gasteiger partial charge in [-0.05, 0) is 44.2 Å². The monoisotopic (exact) mass is 451 g/mol. The summed E-state index contributed by atoms with van der Waals surface area (Å²) in [5.74, 6) is -0.928. The predicted octanol–water partition coefficient (Wildman–Crippen LogP) is 4.76. The van der Waals surface area contributed by atoms with E-state index in [1.54, 1.807) is 19.1 Å². The second kappa shape index (κ2) is 9.27. The van der Waals surface area contributed by atoms with Crippen molar-refractivity contribution < 1.29 is 14.3 Å². The standard InChI is InChI=1S/C25H26ClN3O3/c1-4-29-12-11-22-19(14-29)23(18-7-5-6-8-21(18)28-22)25(31)32-16(3)24(30)27-17-10-9-15(2)20(26)13-17/h5-10,13,16H,4,11-12,14H2,1-3H3,(H,27,30). The van der Waals surface area contributed by atoms with E-state index < -0.39 is 18.0 Å². The van der Waals surface area contributed by atoms with E-state index in [0.29, 0.717) is 22.8 Å². The van der Waals surface area contributed by atoms with E-state index in [9.17, 15) is 9.59 Å². The Morgan fingerprint density at radius 3 is 2.78 bits per heavy atom. The highest BCUT2D eigenvalue weighted by atomic mass is 35.5. The van der Waals surface area contributed by atoms with Crippen LogP contribution in [-0.2, 0) is 22.5 Å². The number of aryl methyl sites for hydroxylation is 1. The highest BCUT2D eigenvalue weighted by molar-refractivity contribution is 6.31. The quantitative estimate of drug-likeness (QED) is 0.566. The molecule has 0 spiro atoms. The van der Waals surface area contributed by atoms with Crippen molar-refractivity contribution in [3.05, 3.63) is 69.9 Å². The molecule has 2 heterocycles. The zero-order valence-electron chi connectivity index (χ0n) is 18.4. The van der Waals surface area contributed by atoms with Crippen molar-refractivity contribution in [2.24, 2.45) is 0 Å². The molecule has 0 bridgehead atoms. The van der Waals surface area contributed by atoms with Crippen LogP contribution in [0.1, 0.15) is 41.0 Å². The number of carbonyl (C=O) groups is 2. The number of amides is 1. The molecule has 0 saturated carbocycles. The second-order valence-corrected chi connectivity index (χ2v) is 8.46. The number of esters is 1. The van der Waals surface area contributed by atoms with Gasteiger partial charge in [0, 0.05) is 46.9 Å². The Bertz CT molecular complexity index is 1190. The molecule has 0 radical (unpaired) electrons. The molecular formula is C25H26ClN3O3. The molecule has 6 nitrogen and oxygen atoms in total. The molecule has 0 saturated heterocycles. The molecule has 0 aliphatic carbocycles. The van der Waals surface area contributed by atoms with E-state index in [-0.39, 0.29) is 0 Å². The maximum atomic E-state index is 13.3. The molecule has 1 aliphatic heterocycles. The Morgan fingerprint density at radius 1 is 1.25 bits per heavy atom. The third kappa shape index (κ3) is 4.47. The largest absolute Gasteiger partial charge is 0.449 e. The number of halogens is 1. The number of nitrogens with zero attached hydrogens (tertiary/aromatic N) is 2. The third-order valence-electron chi connectivity index (χ3n) is 5.87. The minimum atomic E-state index is -0.976. The van der Waals surface area contributed by atoms with Gasteiger partial charge in [0.1, 0.15) is 0 Å². The van der Waals surface area contributed by atoms with Crippen LogP contribution in [-0.4, -0.2) is 41.0 Å². The number of hydrogen-bond acceptors (Lipinski definition) is 5. The molecule has 1 unspecified atom stereocenters. The van der Waals surface area contributed by atoms with Crippen molar-refractivity contribution in [1.29, 1.82) is 0 Å². The molecule has 1 amide bonds. The molecule has 3 aromatic rings. The number of carbonyl (C=O) groups excluding carboxylic acids is 2. The molecule has 1 atom stereocenters. The van der Waals surface area contributed by atoms with Crippen LogP contribution in [0.25, 0.3) is 10.9 Å². The van der Waals surface area contributed by atoms with Crippen LogP contribution in [0.4, 0.5) is 5.69 Å². The number of ether oxygens (including phenoxy) is 1. The van der Waals surface area contributed by atoms with Crippen LogP contribution in [0.5, 0.6) is 0 Å². The summed E-state index contributed by atoms with van der Waals surface area (Å²) in [6.45, 7) is 7.98. The summed E-state index contributed by atoms with van der Waals surface area (Å²) < 4.78 is 5.64. The van der Waals surface area contributed by atoms with Crippen molar-refractivity contribution >= 4 is 40.1 Å². The van der Waals surface area contributed by atoms with Gasteiger partial charge in [-0.25, -0.2) is 4.79 Å². The van der Waals surface area contributed by atoms with Gasteiger partial charge < -0.3 is 10.1 Å². The van der Waals surface area contributed by atoms with Gasteiger partial charge in [-0.1, -0.05) is 42.8 Å². The molecule has 7 heteroatoms. The first-order chi connectivity index (χ1) is 15.4. The number of rotatable bonds is 5. The molecule has 1 aliphatic rings. The summed E-state index contributed by atoms with van der Waals surface area (Å²) in [6, 6.07) is 12.8. The lowest BCUT2D eigenvalue weighted by Crippen LogP contribution is -2.34. The smallest absolute Gasteiger partial charge is 0.339 e. The van der Waals surface area contributed by atoms with Gasteiger partial charge in [0.05, 0.1) is 11.1 Å². The van der Waals surface area contributed by atoms with E-state index in [0.717, 1.165) is 47.2 Å². The number of anilines is 1. The summed E-state index contributed by atoms with van der Waals surface area (Å²) in [7, 11) is 0. The fraction of sp³-hybridized carbons (Fsp3) is 0.320. The fourth-order valence-corrected chi connectivity index (χ4v) is 4.12. The number of benzene rings is 2. The van der Waals surface area contributed by atoms with Gasteiger partial charge >= 0.3 is 5.97 Å². The average molecular weight is 452 g/mol. The minimum absolute atomic E-state index is 0.416. The SMILES string of the molecule is CCN1CCc2nc3ccccc3c(C(=O)OC(C)C(=O)Nc3ccc(C)c(Cl)c3)c2C1. The highest BCUT2D eigenvalue weighted by Gasteiger charge is 2.28. The van der Waals surface area contributed by atoms with E-state index in [4.69, 9.17) is 21.3 Å². The van der Waals surface area contributed by atoms with Crippen molar-refractivity contribution in [2.45, 2.75) is 39.8 Å². The number of aromatic nitrogens is 1. The van der Waals surface area contributed by atoms with Gasteiger partial charge in [-0.2, -0.15) is 0 Å². The Balaban J connectivity index is 1.60. The Kier molecular flexibility index (Phi) is 6.44. The molecule has 32 heavy (non-hydrogen) atoms. The maximum Gasteiger partial charge on any atom is 0.339 e. The second-order valence-electron chi connectivity index (χ2n) is 8.05. The number of para-hydroxylation sites is 1.